The van der Waals surface area contributed by atoms with E-state index in [4.69, 9.17) is 10.5 Å². The van der Waals surface area contributed by atoms with Crippen LogP contribution in [-0.4, -0.2) is 53.4 Å². The highest BCUT2D eigenvalue weighted by Gasteiger charge is 2.25. The van der Waals surface area contributed by atoms with Crippen molar-refractivity contribution in [3.8, 4) is 5.75 Å². The molecule has 1 saturated heterocycles. The molecule has 1 aromatic heterocycles. The average molecular weight is 302 g/mol. The fourth-order valence-electron chi connectivity index (χ4n) is 2.88. The second-order valence-corrected chi connectivity index (χ2v) is 5.45. The van der Waals surface area contributed by atoms with Crippen LogP contribution in [0.25, 0.3) is 0 Å². The minimum Gasteiger partial charge on any atom is -0.495 e. The average Bonchev–Trinajstić information content (AvgIpc) is 3.01. The smallest absolute Gasteiger partial charge is 0.216 e. The van der Waals surface area contributed by atoms with Gasteiger partial charge in [-0.05, 0) is 19.1 Å². The van der Waals surface area contributed by atoms with Crippen molar-refractivity contribution in [3.63, 3.8) is 0 Å². The third-order valence-corrected chi connectivity index (χ3v) is 4.18. The number of methoxy groups -OCH3 is 1. The quantitative estimate of drug-likeness (QED) is 0.885. The lowest BCUT2D eigenvalue weighted by atomic mass is 10.2. The van der Waals surface area contributed by atoms with Gasteiger partial charge in [-0.1, -0.05) is 12.1 Å². The zero-order valence-corrected chi connectivity index (χ0v) is 13.0. The van der Waals surface area contributed by atoms with Crippen molar-refractivity contribution in [2.75, 3.05) is 43.9 Å². The van der Waals surface area contributed by atoms with Crippen LogP contribution < -0.4 is 15.4 Å². The maximum Gasteiger partial charge on any atom is 0.216 e. The van der Waals surface area contributed by atoms with Crippen molar-refractivity contribution < 1.29 is 4.74 Å². The Balaban J connectivity index is 1.65. The predicted octanol–water partition coefficient (Wildman–Crippen LogP) is 1.28. The first-order chi connectivity index (χ1) is 10.7. The van der Waals surface area contributed by atoms with E-state index in [9.17, 15) is 0 Å². The van der Waals surface area contributed by atoms with E-state index in [1.165, 1.54) is 0 Å². The second kappa shape index (κ2) is 6.23. The molecule has 2 heterocycles. The first-order valence-electron chi connectivity index (χ1n) is 7.49. The Labute approximate surface area is 130 Å². The van der Waals surface area contributed by atoms with Crippen LogP contribution in [0.3, 0.4) is 0 Å². The molecule has 1 fully saturated rings. The Morgan fingerprint density at radius 2 is 1.95 bits per heavy atom. The maximum absolute atomic E-state index is 5.61. The van der Waals surface area contributed by atoms with Crippen LogP contribution in [0.15, 0.2) is 24.3 Å². The van der Waals surface area contributed by atoms with Gasteiger partial charge in [-0.3, -0.25) is 4.90 Å². The molecule has 0 saturated carbocycles. The number of rotatable bonds is 4. The number of nitrogens with two attached hydrogens (primary N) is 1. The van der Waals surface area contributed by atoms with Gasteiger partial charge in [0.2, 0.25) is 5.95 Å². The van der Waals surface area contributed by atoms with Gasteiger partial charge >= 0.3 is 0 Å². The van der Waals surface area contributed by atoms with Gasteiger partial charge in [-0.15, -0.1) is 0 Å². The molecule has 0 radical (unpaired) electrons. The molecule has 22 heavy (non-hydrogen) atoms. The lowest BCUT2D eigenvalue weighted by Gasteiger charge is -2.38. The van der Waals surface area contributed by atoms with Crippen molar-refractivity contribution in [1.82, 2.24) is 20.1 Å². The monoisotopic (exact) mass is 302 g/mol. The van der Waals surface area contributed by atoms with E-state index in [-0.39, 0.29) is 6.04 Å². The van der Waals surface area contributed by atoms with E-state index in [2.05, 4.69) is 38.0 Å². The minimum atomic E-state index is 0.161. The standard InChI is InChI=1S/C15H22N6O/c1-11(14-17-15(16)19-18-14)20-7-9-21(10-8-20)12-5-3-4-6-13(12)22-2/h3-6,11H,7-10H2,1-2H3,(H3,16,17,18,19). The number of ether oxygens (including phenoxy) is 1. The first-order valence-corrected chi connectivity index (χ1v) is 7.49. The maximum atomic E-state index is 5.61. The predicted molar refractivity (Wildman–Crippen MR) is 86.0 cm³/mol. The zero-order valence-electron chi connectivity index (χ0n) is 13.0. The Kier molecular flexibility index (Phi) is 4.15. The van der Waals surface area contributed by atoms with Crippen LogP contribution >= 0.6 is 0 Å². The zero-order chi connectivity index (χ0) is 15.5. The van der Waals surface area contributed by atoms with Gasteiger partial charge in [0.05, 0.1) is 18.8 Å². The molecule has 3 N–H and O–H groups in total. The SMILES string of the molecule is COc1ccccc1N1CCN(C(C)c2n[nH]c(N)n2)CC1. The highest BCUT2D eigenvalue weighted by atomic mass is 16.5. The third kappa shape index (κ3) is 2.85. The highest BCUT2D eigenvalue weighted by Crippen LogP contribution is 2.29. The number of para-hydroxylation sites is 2. The number of aromatic nitrogens is 3. The van der Waals surface area contributed by atoms with Crippen LogP contribution in [0, 0.1) is 0 Å². The van der Waals surface area contributed by atoms with Gasteiger partial charge in [0, 0.05) is 26.2 Å². The van der Waals surface area contributed by atoms with E-state index < -0.39 is 0 Å². The van der Waals surface area contributed by atoms with Gasteiger partial charge in [-0.2, -0.15) is 10.1 Å². The minimum absolute atomic E-state index is 0.161. The Hall–Kier alpha value is -2.28. The summed E-state index contributed by atoms with van der Waals surface area (Å²) >= 11 is 0. The number of piperazine rings is 1. The second-order valence-electron chi connectivity index (χ2n) is 5.45. The third-order valence-electron chi connectivity index (χ3n) is 4.18. The molecular weight excluding hydrogens is 280 g/mol. The van der Waals surface area contributed by atoms with E-state index in [1.54, 1.807) is 7.11 Å². The van der Waals surface area contributed by atoms with E-state index >= 15 is 0 Å². The van der Waals surface area contributed by atoms with E-state index in [0.29, 0.717) is 5.95 Å². The summed E-state index contributed by atoms with van der Waals surface area (Å²) in [5.41, 5.74) is 6.76. The Morgan fingerprint density at radius 3 is 2.59 bits per heavy atom. The molecule has 7 heteroatoms. The fourth-order valence-corrected chi connectivity index (χ4v) is 2.88. The molecule has 1 aromatic carbocycles. The lowest BCUT2D eigenvalue weighted by molar-refractivity contribution is 0.191. The van der Waals surface area contributed by atoms with Gasteiger partial charge in [0.1, 0.15) is 5.75 Å². The largest absolute Gasteiger partial charge is 0.495 e. The summed E-state index contributed by atoms with van der Waals surface area (Å²) in [6.07, 6.45) is 0. The molecule has 1 unspecified atom stereocenters. The molecule has 0 aliphatic carbocycles. The van der Waals surface area contributed by atoms with Gasteiger partial charge in [-0.25, -0.2) is 5.10 Å². The van der Waals surface area contributed by atoms with Crippen LogP contribution in [-0.2, 0) is 0 Å². The number of hydrogen-bond acceptors (Lipinski definition) is 6. The molecule has 0 amide bonds. The molecule has 0 bridgehead atoms. The van der Waals surface area contributed by atoms with Gasteiger partial charge < -0.3 is 15.4 Å². The fraction of sp³-hybridized carbons (Fsp3) is 0.467. The van der Waals surface area contributed by atoms with Crippen LogP contribution in [0.4, 0.5) is 11.6 Å². The van der Waals surface area contributed by atoms with Crippen molar-refractivity contribution in [1.29, 1.82) is 0 Å². The Bertz CT molecular complexity index is 620. The van der Waals surface area contributed by atoms with Crippen molar-refractivity contribution in [2.24, 2.45) is 0 Å². The summed E-state index contributed by atoms with van der Waals surface area (Å²) in [5, 5.41) is 6.86. The van der Waals surface area contributed by atoms with Gasteiger partial charge in [0.25, 0.3) is 0 Å². The number of nitrogens with zero attached hydrogens (tertiary/aromatic N) is 4. The van der Waals surface area contributed by atoms with Crippen LogP contribution in [0.5, 0.6) is 5.75 Å². The number of nitrogens with one attached hydrogen (secondary N) is 1. The van der Waals surface area contributed by atoms with Crippen LogP contribution in [0.2, 0.25) is 0 Å². The molecule has 7 nitrogen and oxygen atoms in total. The number of anilines is 2. The lowest BCUT2D eigenvalue weighted by Crippen LogP contribution is -2.47. The summed E-state index contributed by atoms with van der Waals surface area (Å²) in [7, 11) is 1.71. The molecule has 0 spiro atoms. The number of nitrogen functional groups attached to an aromatic ring is 1. The van der Waals surface area contributed by atoms with Crippen molar-refractivity contribution in [3.05, 3.63) is 30.1 Å². The molecule has 118 valence electrons. The molecule has 1 atom stereocenters. The van der Waals surface area contributed by atoms with Crippen LogP contribution in [0.1, 0.15) is 18.8 Å². The summed E-state index contributed by atoms with van der Waals surface area (Å²) in [4.78, 5) is 8.95. The molecule has 2 aromatic rings. The molecule has 1 aliphatic heterocycles. The van der Waals surface area contributed by atoms with Gasteiger partial charge in [0.15, 0.2) is 5.82 Å². The summed E-state index contributed by atoms with van der Waals surface area (Å²) in [5.74, 6) is 2.04. The number of H-pyrrole nitrogens is 1. The summed E-state index contributed by atoms with van der Waals surface area (Å²) in [6.45, 7) is 5.91. The van der Waals surface area contributed by atoms with Crippen molar-refractivity contribution in [2.45, 2.75) is 13.0 Å². The molecule has 1 aliphatic rings. The van der Waals surface area contributed by atoms with E-state index in [1.807, 2.05) is 18.2 Å². The summed E-state index contributed by atoms with van der Waals surface area (Å²) < 4.78 is 5.45. The Morgan fingerprint density at radius 1 is 1.23 bits per heavy atom. The topological polar surface area (TPSA) is 83.3 Å². The molecule has 3 rings (SSSR count). The highest BCUT2D eigenvalue weighted by molar-refractivity contribution is 5.58. The first kappa shape index (κ1) is 14.6. The van der Waals surface area contributed by atoms with Crippen molar-refractivity contribution >= 4 is 11.6 Å². The van der Waals surface area contributed by atoms with E-state index in [0.717, 1.165) is 43.4 Å². The number of aromatic amines is 1. The molecular formula is C15H22N6O. The summed E-state index contributed by atoms with van der Waals surface area (Å²) in [6, 6.07) is 8.31. The normalized spacial score (nSPS) is 17.5. The number of hydrogen-bond donors (Lipinski definition) is 2. The number of benzene rings is 1.